The van der Waals surface area contributed by atoms with E-state index in [9.17, 15) is 13.2 Å². The monoisotopic (exact) mass is 300 g/mol. The van der Waals surface area contributed by atoms with Gasteiger partial charge in [0.25, 0.3) is 0 Å². The Morgan fingerprint density at radius 3 is 2.55 bits per heavy atom. The Labute approximate surface area is 119 Å². The first-order chi connectivity index (χ1) is 9.28. The second-order valence-corrected chi connectivity index (χ2v) is 6.57. The highest BCUT2D eigenvalue weighted by molar-refractivity contribution is 7.89. The lowest BCUT2D eigenvalue weighted by Gasteiger charge is -2.15. The number of ether oxygens (including phenoxy) is 1. The van der Waals surface area contributed by atoms with Gasteiger partial charge in [0.05, 0.1) is 4.90 Å². The molecule has 0 unspecified atom stereocenters. The summed E-state index contributed by atoms with van der Waals surface area (Å²) in [5, 5.41) is 2.61. The first-order valence-corrected chi connectivity index (χ1v) is 7.63. The maximum atomic E-state index is 12.2. The van der Waals surface area contributed by atoms with Gasteiger partial charge in [0, 0.05) is 26.4 Å². The van der Waals surface area contributed by atoms with Crippen LogP contribution in [-0.2, 0) is 19.6 Å². The average Bonchev–Trinajstić information content (AvgIpc) is 2.38. The van der Waals surface area contributed by atoms with Crippen molar-refractivity contribution in [2.24, 2.45) is 0 Å². The summed E-state index contributed by atoms with van der Waals surface area (Å²) in [6, 6.07) is 4.77. The van der Waals surface area contributed by atoms with Gasteiger partial charge in [-0.05, 0) is 31.5 Å². The quantitative estimate of drug-likeness (QED) is 0.857. The lowest BCUT2D eigenvalue weighted by molar-refractivity contribution is -0.120. The van der Waals surface area contributed by atoms with Gasteiger partial charge in [0.1, 0.15) is 6.61 Å². The zero-order valence-electron chi connectivity index (χ0n) is 12.1. The van der Waals surface area contributed by atoms with Crippen LogP contribution in [0, 0.1) is 6.92 Å². The number of benzene rings is 1. The van der Waals surface area contributed by atoms with Crippen molar-refractivity contribution in [3.63, 3.8) is 0 Å². The molecule has 0 saturated carbocycles. The molecule has 0 heterocycles. The summed E-state index contributed by atoms with van der Waals surface area (Å²) in [5.41, 5.74) is 1.06. The lowest BCUT2D eigenvalue weighted by Crippen LogP contribution is -2.23. The molecule has 1 amide bonds. The third kappa shape index (κ3) is 4.03. The molecule has 6 nitrogen and oxygen atoms in total. The minimum atomic E-state index is -3.53. The second-order valence-electron chi connectivity index (χ2n) is 4.45. The molecule has 112 valence electrons. The lowest BCUT2D eigenvalue weighted by atomic mass is 10.2. The number of carbonyl (C=O) groups is 1. The van der Waals surface area contributed by atoms with Gasteiger partial charge >= 0.3 is 0 Å². The van der Waals surface area contributed by atoms with Gasteiger partial charge < -0.3 is 10.1 Å². The molecule has 0 bridgehead atoms. The molecular formula is C13H20N2O4S. The topological polar surface area (TPSA) is 75.7 Å². The number of nitrogens with one attached hydrogen (secondary N) is 1. The normalized spacial score (nSPS) is 11.7. The first-order valence-electron chi connectivity index (χ1n) is 6.19. The van der Waals surface area contributed by atoms with Crippen molar-refractivity contribution in [3.05, 3.63) is 23.8 Å². The average molecular weight is 300 g/mol. The van der Waals surface area contributed by atoms with E-state index in [-0.39, 0.29) is 17.4 Å². The Kier molecular flexibility index (Phi) is 5.67. The molecule has 0 atom stereocenters. The van der Waals surface area contributed by atoms with Crippen LogP contribution < -0.4 is 5.32 Å². The highest BCUT2D eigenvalue weighted by atomic mass is 32.2. The van der Waals surface area contributed by atoms with Crippen molar-refractivity contribution in [2.75, 3.05) is 32.6 Å². The van der Waals surface area contributed by atoms with E-state index < -0.39 is 10.0 Å². The van der Waals surface area contributed by atoms with Gasteiger partial charge in [0.2, 0.25) is 15.9 Å². The third-order valence-corrected chi connectivity index (χ3v) is 4.62. The van der Waals surface area contributed by atoms with Crippen LogP contribution in [-0.4, -0.2) is 45.9 Å². The molecule has 0 radical (unpaired) electrons. The molecule has 1 aromatic rings. The Bertz CT molecular complexity index is 582. The van der Waals surface area contributed by atoms with Crippen LogP contribution in [0.25, 0.3) is 0 Å². The SMILES string of the molecule is CCOCC(=O)Nc1ccc(C)c(S(=O)(=O)N(C)C)c1. The van der Waals surface area contributed by atoms with E-state index in [0.29, 0.717) is 17.9 Å². The molecule has 0 saturated heterocycles. The summed E-state index contributed by atoms with van der Waals surface area (Å²) in [4.78, 5) is 11.7. The van der Waals surface area contributed by atoms with E-state index in [4.69, 9.17) is 4.74 Å². The number of anilines is 1. The molecule has 0 aromatic heterocycles. The molecule has 0 aliphatic carbocycles. The zero-order chi connectivity index (χ0) is 15.3. The molecule has 20 heavy (non-hydrogen) atoms. The smallest absolute Gasteiger partial charge is 0.250 e. The summed E-state index contributed by atoms with van der Waals surface area (Å²) >= 11 is 0. The van der Waals surface area contributed by atoms with Crippen LogP contribution in [0.15, 0.2) is 23.1 Å². The number of amides is 1. The Morgan fingerprint density at radius 2 is 2.00 bits per heavy atom. The van der Waals surface area contributed by atoms with E-state index in [2.05, 4.69) is 5.32 Å². The molecular weight excluding hydrogens is 280 g/mol. The molecule has 0 aliphatic rings. The van der Waals surface area contributed by atoms with Crippen LogP contribution in [0.5, 0.6) is 0 Å². The summed E-state index contributed by atoms with van der Waals surface area (Å²) in [6.45, 7) is 3.89. The van der Waals surface area contributed by atoms with Gasteiger partial charge in [0.15, 0.2) is 0 Å². The van der Waals surface area contributed by atoms with Crippen molar-refractivity contribution < 1.29 is 17.9 Å². The minimum Gasteiger partial charge on any atom is -0.372 e. The van der Waals surface area contributed by atoms with Gasteiger partial charge in [-0.15, -0.1) is 0 Å². The van der Waals surface area contributed by atoms with E-state index >= 15 is 0 Å². The summed E-state index contributed by atoms with van der Waals surface area (Å²) in [5.74, 6) is -0.316. The first kappa shape index (κ1) is 16.6. The number of aryl methyl sites for hydroxylation is 1. The molecule has 1 rings (SSSR count). The van der Waals surface area contributed by atoms with Gasteiger partial charge in [-0.25, -0.2) is 12.7 Å². The van der Waals surface area contributed by atoms with E-state index in [1.54, 1.807) is 26.0 Å². The third-order valence-electron chi connectivity index (χ3n) is 2.67. The van der Waals surface area contributed by atoms with Crippen LogP contribution in [0.3, 0.4) is 0 Å². The molecule has 0 fully saturated rings. The maximum absolute atomic E-state index is 12.2. The van der Waals surface area contributed by atoms with Gasteiger partial charge in [-0.3, -0.25) is 4.79 Å². The van der Waals surface area contributed by atoms with Crippen LogP contribution in [0.1, 0.15) is 12.5 Å². The van der Waals surface area contributed by atoms with Crippen molar-refractivity contribution in [2.45, 2.75) is 18.7 Å². The fraction of sp³-hybridized carbons (Fsp3) is 0.462. The van der Waals surface area contributed by atoms with Crippen molar-refractivity contribution >= 4 is 21.6 Å². The summed E-state index contributed by atoms with van der Waals surface area (Å²) in [7, 11) is -0.597. The van der Waals surface area contributed by atoms with Crippen molar-refractivity contribution in [1.29, 1.82) is 0 Å². The second kappa shape index (κ2) is 6.83. The minimum absolute atomic E-state index is 0.0554. The summed E-state index contributed by atoms with van der Waals surface area (Å²) < 4.78 is 30.4. The number of carbonyl (C=O) groups excluding carboxylic acids is 1. The van der Waals surface area contributed by atoms with Crippen LogP contribution in [0.4, 0.5) is 5.69 Å². The Hall–Kier alpha value is -1.44. The zero-order valence-corrected chi connectivity index (χ0v) is 13.0. The standard InChI is InChI=1S/C13H20N2O4S/c1-5-19-9-13(16)14-11-7-6-10(2)12(8-11)20(17,18)15(3)4/h6-8H,5,9H2,1-4H3,(H,14,16). The van der Waals surface area contributed by atoms with E-state index in [0.717, 1.165) is 4.31 Å². The van der Waals surface area contributed by atoms with E-state index in [1.165, 1.54) is 20.2 Å². The van der Waals surface area contributed by atoms with Crippen molar-refractivity contribution in [1.82, 2.24) is 4.31 Å². The van der Waals surface area contributed by atoms with Gasteiger partial charge in [-0.1, -0.05) is 6.07 Å². The number of nitrogens with zero attached hydrogens (tertiary/aromatic N) is 1. The molecule has 0 aliphatic heterocycles. The van der Waals surface area contributed by atoms with Crippen molar-refractivity contribution in [3.8, 4) is 0 Å². The highest BCUT2D eigenvalue weighted by Crippen LogP contribution is 2.22. The fourth-order valence-corrected chi connectivity index (χ4v) is 2.69. The largest absolute Gasteiger partial charge is 0.372 e. The predicted molar refractivity (Wildman–Crippen MR) is 77.2 cm³/mol. The van der Waals surface area contributed by atoms with E-state index in [1.807, 2.05) is 0 Å². The number of rotatable bonds is 6. The molecule has 1 N–H and O–H groups in total. The number of hydrogen-bond donors (Lipinski definition) is 1. The fourth-order valence-electron chi connectivity index (χ4n) is 1.54. The molecule has 1 aromatic carbocycles. The molecule has 7 heteroatoms. The maximum Gasteiger partial charge on any atom is 0.250 e. The van der Waals surface area contributed by atoms with Gasteiger partial charge in [-0.2, -0.15) is 0 Å². The van der Waals surface area contributed by atoms with Crippen LogP contribution >= 0.6 is 0 Å². The summed E-state index contributed by atoms with van der Waals surface area (Å²) in [6.07, 6.45) is 0. The Balaban J connectivity index is 3.01. The van der Waals surface area contributed by atoms with Crippen LogP contribution in [0.2, 0.25) is 0 Å². The molecule has 0 spiro atoms. The number of sulfonamides is 1. The number of hydrogen-bond acceptors (Lipinski definition) is 4. The predicted octanol–water partition coefficient (Wildman–Crippen LogP) is 1.22. The Morgan fingerprint density at radius 1 is 1.35 bits per heavy atom. The highest BCUT2D eigenvalue weighted by Gasteiger charge is 2.20.